The standard InChI is InChI=1S/C19H24O3/c1-5-18(20)17-11-13(2)16(19(18,21-3)22-4)12-15(17)14-9-7-6-8-10-14/h5-11,15-17,20H,1,12H2,2-4H3/t15-,16+,17+,18-/m1/s1. The summed E-state index contributed by atoms with van der Waals surface area (Å²) >= 11 is 0. The first kappa shape index (κ1) is 15.5. The number of ether oxygens (including phenoxy) is 2. The van der Waals surface area contributed by atoms with E-state index in [9.17, 15) is 5.11 Å². The van der Waals surface area contributed by atoms with Crippen LogP contribution >= 0.6 is 0 Å². The monoisotopic (exact) mass is 300 g/mol. The van der Waals surface area contributed by atoms with E-state index in [0.29, 0.717) is 0 Å². The summed E-state index contributed by atoms with van der Waals surface area (Å²) in [5.41, 5.74) is 1.20. The highest BCUT2D eigenvalue weighted by atomic mass is 16.7. The SMILES string of the molecule is C=C[C@@]1(O)[C@H]2C=C(C)[C@H](C[C@@H]2c2ccccc2)C1(OC)OC. The molecule has 0 spiro atoms. The average molecular weight is 300 g/mol. The number of hydrogen-bond donors (Lipinski definition) is 1. The van der Waals surface area contributed by atoms with Crippen LogP contribution in [-0.4, -0.2) is 30.7 Å². The number of fused-ring (bicyclic) bond motifs is 2. The zero-order chi connectivity index (χ0) is 16.0. The van der Waals surface area contributed by atoms with Gasteiger partial charge in [-0.1, -0.05) is 48.1 Å². The maximum Gasteiger partial charge on any atom is 0.207 e. The molecule has 3 aliphatic rings. The molecule has 0 amide bonds. The van der Waals surface area contributed by atoms with Gasteiger partial charge in [-0.3, -0.25) is 0 Å². The molecular weight excluding hydrogens is 276 g/mol. The molecule has 0 saturated heterocycles. The van der Waals surface area contributed by atoms with Crippen molar-refractivity contribution in [3.05, 3.63) is 60.2 Å². The van der Waals surface area contributed by atoms with Gasteiger partial charge in [0, 0.05) is 26.1 Å². The Bertz CT molecular complexity index is 588. The van der Waals surface area contributed by atoms with Gasteiger partial charge in [0.2, 0.25) is 5.79 Å². The predicted molar refractivity (Wildman–Crippen MR) is 86.4 cm³/mol. The molecule has 0 aromatic heterocycles. The number of rotatable bonds is 4. The van der Waals surface area contributed by atoms with Crippen molar-refractivity contribution >= 4 is 0 Å². The second-order valence-electron chi connectivity index (χ2n) is 6.35. The zero-order valence-electron chi connectivity index (χ0n) is 13.5. The molecular formula is C19H24O3. The van der Waals surface area contributed by atoms with Gasteiger partial charge >= 0.3 is 0 Å². The maximum atomic E-state index is 11.4. The van der Waals surface area contributed by atoms with Crippen molar-refractivity contribution in [2.75, 3.05) is 14.2 Å². The number of methoxy groups -OCH3 is 2. The molecule has 1 aromatic rings. The van der Waals surface area contributed by atoms with Crippen LogP contribution in [0.1, 0.15) is 24.8 Å². The molecule has 4 rings (SSSR count). The molecule has 0 unspecified atom stereocenters. The number of hydrogen-bond acceptors (Lipinski definition) is 3. The van der Waals surface area contributed by atoms with Crippen molar-refractivity contribution in [2.24, 2.45) is 11.8 Å². The highest BCUT2D eigenvalue weighted by Gasteiger charge is 2.66. The maximum absolute atomic E-state index is 11.4. The van der Waals surface area contributed by atoms with Crippen LogP contribution in [0.15, 0.2) is 54.6 Å². The zero-order valence-corrected chi connectivity index (χ0v) is 13.5. The first-order valence-electron chi connectivity index (χ1n) is 7.73. The van der Waals surface area contributed by atoms with E-state index >= 15 is 0 Å². The Morgan fingerprint density at radius 3 is 2.41 bits per heavy atom. The van der Waals surface area contributed by atoms with Crippen LogP contribution < -0.4 is 0 Å². The van der Waals surface area contributed by atoms with Gasteiger partial charge in [-0.15, -0.1) is 6.58 Å². The quantitative estimate of drug-likeness (QED) is 0.685. The van der Waals surface area contributed by atoms with E-state index in [0.717, 1.165) is 6.42 Å². The molecule has 3 aliphatic carbocycles. The summed E-state index contributed by atoms with van der Waals surface area (Å²) in [4.78, 5) is 0. The minimum atomic E-state index is -1.25. The summed E-state index contributed by atoms with van der Waals surface area (Å²) in [5.74, 6) is -0.946. The molecule has 22 heavy (non-hydrogen) atoms. The van der Waals surface area contributed by atoms with Crippen LogP contribution in [0.3, 0.4) is 0 Å². The summed E-state index contributed by atoms with van der Waals surface area (Å²) in [6.07, 6.45) is 4.66. The van der Waals surface area contributed by atoms with E-state index < -0.39 is 11.4 Å². The fraction of sp³-hybridized carbons (Fsp3) is 0.474. The van der Waals surface area contributed by atoms with Gasteiger partial charge < -0.3 is 14.6 Å². The molecule has 1 fully saturated rings. The summed E-state index contributed by atoms with van der Waals surface area (Å²) in [6.45, 7) is 5.97. The van der Waals surface area contributed by atoms with Crippen molar-refractivity contribution in [3.63, 3.8) is 0 Å². The minimum Gasteiger partial charge on any atom is -0.379 e. The fourth-order valence-electron chi connectivity index (χ4n) is 4.52. The smallest absolute Gasteiger partial charge is 0.207 e. The van der Waals surface area contributed by atoms with Crippen molar-refractivity contribution in [2.45, 2.75) is 30.7 Å². The molecule has 4 atom stereocenters. The second-order valence-corrected chi connectivity index (χ2v) is 6.35. The van der Waals surface area contributed by atoms with Crippen LogP contribution in [0, 0.1) is 11.8 Å². The van der Waals surface area contributed by atoms with Crippen molar-refractivity contribution in [1.82, 2.24) is 0 Å². The van der Waals surface area contributed by atoms with Gasteiger partial charge in [-0.05, 0) is 24.8 Å². The summed E-state index contributed by atoms with van der Waals surface area (Å²) in [6, 6.07) is 10.3. The molecule has 3 nitrogen and oxygen atoms in total. The van der Waals surface area contributed by atoms with Gasteiger partial charge in [-0.25, -0.2) is 0 Å². The van der Waals surface area contributed by atoms with Gasteiger partial charge in [0.1, 0.15) is 5.60 Å². The normalized spacial score (nSPS) is 36.0. The first-order valence-corrected chi connectivity index (χ1v) is 7.73. The Morgan fingerprint density at radius 2 is 1.86 bits per heavy atom. The lowest BCUT2D eigenvalue weighted by Crippen LogP contribution is -2.69. The third kappa shape index (κ3) is 1.79. The number of benzene rings is 1. The molecule has 0 radical (unpaired) electrons. The Kier molecular flexibility index (Phi) is 3.76. The average Bonchev–Trinajstić information content (AvgIpc) is 2.57. The summed E-state index contributed by atoms with van der Waals surface area (Å²) in [7, 11) is 3.20. The Hall–Kier alpha value is -1.42. The van der Waals surface area contributed by atoms with E-state index in [2.05, 4.69) is 31.7 Å². The minimum absolute atomic E-state index is 0.000654. The lowest BCUT2D eigenvalue weighted by Gasteiger charge is -2.60. The predicted octanol–water partition coefficient (Wildman–Crippen LogP) is 3.27. The highest BCUT2D eigenvalue weighted by molar-refractivity contribution is 5.38. The van der Waals surface area contributed by atoms with Crippen molar-refractivity contribution < 1.29 is 14.6 Å². The van der Waals surface area contributed by atoms with Crippen LogP contribution in [0.5, 0.6) is 0 Å². The Morgan fingerprint density at radius 1 is 1.23 bits per heavy atom. The van der Waals surface area contributed by atoms with E-state index in [1.54, 1.807) is 20.3 Å². The van der Waals surface area contributed by atoms with Crippen LogP contribution in [-0.2, 0) is 9.47 Å². The van der Waals surface area contributed by atoms with Crippen LogP contribution in [0.4, 0.5) is 0 Å². The molecule has 1 aromatic carbocycles. The summed E-state index contributed by atoms with van der Waals surface area (Å²) < 4.78 is 11.5. The molecule has 3 heteroatoms. The first-order chi connectivity index (χ1) is 10.5. The molecule has 2 bridgehead atoms. The van der Waals surface area contributed by atoms with Crippen molar-refractivity contribution in [1.29, 1.82) is 0 Å². The second kappa shape index (κ2) is 5.34. The van der Waals surface area contributed by atoms with E-state index in [1.807, 2.05) is 18.2 Å². The van der Waals surface area contributed by atoms with Crippen LogP contribution in [0.25, 0.3) is 0 Å². The van der Waals surface area contributed by atoms with E-state index in [1.165, 1.54) is 11.1 Å². The summed E-state index contributed by atoms with van der Waals surface area (Å²) in [5, 5.41) is 11.4. The third-order valence-corrected chi connectivity index (χ3v) is 5.59. The van der Waals surface area contributed by atoms with Crippen molar-refractivity contribution in [3.8, 4) is 0 Å². The molecule has 118 valence electrons. The molecule has 0 aliphatic heterocycles. The van der Waals surface area contributed by atoms with Gasteiger partial charge in [-0.2, -0.15) is 0 Å². The third-order valence-electron chi connectivity index (χ3n) is 5.59. The van der Waals surface area contributed by atoms with E-state index in [-0.39, 0.29) is 17.8 Å². The largest absolute Gasteiger partial charge is 0.379 e. The van der Waals surface area contributed by atoms with Gasteiger partial charge in [0.25, 0.3) is 0 Å². The van der Waals surface area contributed by atoms with Gasteiger partial charge in [0.05, 0.1) is 0 Å². The topological polar surface area (TPSA) is 38.7 Å². The lowest BCUT2D eigenvalue weighted by molar-refractivity contribution is -0.336. The molecule has 1 N–H and O–H groups in total. The van der Waals surface area contributed by atoms with Crippen LogP contribution in [0.2, 0.25) is 0 Å². The van der Waals surface area contributed by atoms with E-state index in [4.69, 9.17) is 9.47 Å². The molecule has 1 saturated carbocycles. The molecule has 0 heterocycles. The Balaban J connectivity index is 2.14. The number of aliphatic hydroxyl groups is 1. The highest BCUT2D eigenvalue weighted by Crippen LogP contribution is 2.59. The Labute approximate surface area is 132 Å². The van der Waals surface area contributed by atoms with Gasteiger partial charge in [0.15, 0.2) is 0 Å². The lowest BCUT2D eigenvalue weighted by atomic mass is 9.53. The fourth-order valence-corrected chi connectivity index (χ4v) is 4.52.